The number of carbonyl (C=O) groups excluding carboxylic acids is 1. The fourth-order valence-corrected chi connectivity index (χ4v) is 5.22. The molecule has 7 heteroatoms. The summed E-state index contributed by atoms with van der Waals surface area (Å²) < 4.78 is 1.61. The summed E-state index contributed by atoms with van der Waals surface area (Å²) in [5, 5.41) is 3.64. The van der Waals surface area contributed by atoms with Gasteiger partial charge in [-0.05, 0) is 37.1 Å². The maximum atomic E-state index is 13.5. The molecule has 1 N–H and O–H groups in total. The van der Waals surface area contributed by atoms with Gasteiger partial charge in [-0.25, -0.2) is 4.98 Å². The largest absolute Gasteiger partial charge is 0.355 e. The van der Waals surface area contributed by atoms with Crippen LogP contribution in [0.5, 0.6) is 0 Å². The molecule has 0 aliphatic heterocycles. The van der Waals surface area contributed by atoms with Crippen molar-refractivity contribution < 1.29 is 4.79 Å². The molecule has 2 heterocycles. The lowest BCUT2D eigenvalue weighted by Crippen LogP contribution is -2.32. The number of nitrogens with one attached hydrogen (secondary N) is 1. The second kappa shape index (κ2) is 9.49. The van der Waals surface area contributed by atoms with E-state index >= 15 is 0 Å². The third-order valence-electron chi connectivity index (χ3n) is 4.81. The number of thioether (sulfide) groups is 1. The molecule has 0 aliphatic carbocycles. The third-order valence-corrected chi connectivity index (χ3v) is 6.94. The minimum Gasteiger partial charge on any atom is -0.355 e. The zero-order valence-electron chi connectivity index (χ0n) is 17.4. The number of hydrogen-bond acceptors (Lipinski definition) is 5. The van der Waals surface area contributed by atoms with Gasteiger partial charge in [0.15, 0.2) is 5.16 Å². The molecule has 1 amide bonds. The number of hydrogen-bond donors (Lipinski definition) is 1. The summed E-state index contributed by atoms with van der Waals surface area (Å²) in [6, 6.07) is 21.3. The van der Waals surface area contributed by atoms with Crippen molar-refractivity contribution in [2.75, 3.05) is 6.54 Å². The van der Waals surface area contributed by atoms with Crippen LogP contribution in [0, 0.1) is 0 Å². The second-order valence-electron chi connectivity index (χ2n) is 7.12. The third kappa shape index (κ3) is 4.57. The van der Waals surface area contributed by atoms with Crippen molar-refractivity contribution in [1.29, 1.82) is 0 Å². The molecule has 0 fully saturated rings. The summed E-state index contributed by atoms with van der Waals surface area (Å²) >= 11 is 2.80. The summed E-state index contributed by atoms with van der Waals surface area (Å²) in [6.07, 6.45) is 0.875. The van der Waals surface area contributed by atoms with E-state index in [0.717, 1.165) is 22.5 Å². The summed E-state index contributed by atoms with van der Waals surface area (Å²) in [5.41, 5.74) is 1.66. The van der Waals surface area contributed by atoms with Crippen LogP contribution in [0.25, 0.3) is 26.3 Å². The lowest BCUT2D eigenvalue weighted by Gasteiger charge is -2.15. The number of para-hydroxylation sites is 1. The van der Waals surface area contributed by atoms with E-state index in [-0.39, 0.29) is 16.7 Å². The first-order valence-corrected chi connectivity index (χ1v) is 11.9. The highest BCUT2D eigenvalue weighted by Gasteiger charge is 2.21. The van der Waals surface area contributed by atoms with Crippen molar-refractivity contribution in [2.24, 2.45) is 0 Å². The Bertz CT molecular complexity index is 1250. The summed E-state index contributed by atoms with van der Waals surface area (Å²) in [7, 11) is 0. The van der Waals surface area contributed by atoms with Crippen molar-refractivity contribution in [3.05, 3.63) is 77.1 Å². The Balaban J connectivity index is 1.83. The minimum absolute atomic E-state index is 0.0584. The molecule has 0 saturated heterocycles. The van der Waals surface area contributed by atoms with E-state index in [1.54, 1.807) is 4.57 Å². The molecule has 2 aromatic heterocycles. The molecule has 0 radical (unpaired) electrons. The Labute approximate surface area is 189 Å². The highest BCUT2D eigenvalue weighted by molar-refractivity contribution is 8.00. The summed E-state index contributed by atoms with van der Waals surface area (Å²) in [6.45, 7) is 4.49. The van der Waals surface area contributed by atoms with Crippen LogP contribution in [-0.2, 0) is 4.79 Å². The fourth-order valence-electron chi connectivity index (χ4n) is 3.19. The standard InChI is InChI=1S/C24H23N3O2S2/c1-3-14-25-21(28)16(2)30-24-26-22-19(15-20(31-22)17-10-6-4-7-11-17)23(29)27(24)18-12-8-5-9-13-18/h4-13,15-16H,3,14H2,1-2H3,(H,25,28). The summed E-state index contributed by atoms with van der Waals surface area (Å²) in [4.78, 5) is 32.5. The second-order valence-corrected chi connectivity index (χ2v) is 9.46. The van der Waals surface area contributed by atoms with Crippen LogP contribution >= 0.6 is 23.1 Å². The van der Waals surface area contributed by atoms with Gasteiger partial charge in [0.25, 0.3) is 5.56 Å². The Morgan fingerprint density at radius 1 is 1.13 bits per heavy atom. The first-order valence-electron chi connectivity index (χ1n) is 10.2. The first kappa shape index (κ1) is 21.3. The molecule has 1 atom stereocenters. The lowest BCUT2D eigenvalue weighted by molar-refractivity contribution is -0.120. The highest BCUT2D eigenvalue weighted by Crippen LogP contribution is 2.33. The number of benzene rings is 2. The van der Waals surface area contributed by atoms with Crippen LogP contribution in [-0.4, -0.2) is 27.3 Å². The fraction of sp³-hybridized carbons (Fsp3) is 0.208. The number of carbonyl (C=O) groups is 1. The maximum absolute atomic E-state index is 13.5. The van der Waals surface area contributed by atoms with E-state index in [2.05, 4.69) is 5.32 Å². The number of rotatable bonds is 7. The molecule has 5 nitrogen and oxygen atoms in total. The molecule has 0 bridgehead atoms. The van der Waals surface area contributed by atoms with Crippen molar-refractivity contribution >= 4 is 39.2 Å². The van der Waals surface area contributed by atoms with E-state index in [1.165, 1.54) is 23.1 Å². The van der Waals surface area contributed by atoms with Crippen LogP contribution in [0.2, 0.25) is 0 Å². The highest BCUT2D eigenvalue weighted by atomic mass is 32.2. The molecule has 0 aliphatic rings. The monoisotopic (exact) mass is 449 g/mol. The van der Waals surface area contributed by atoms with E-state index in [9.17, 15) is 9.59 Å². The van der Waals surface area contributed by atoms with Crippen molar-refractivity contribution in [2.45, 2.75) is 30.7 Å². The van der Waals surface area contributed by atoms with E-state index in [4.69, 9.17) is 4.98 Å². The van der Waals surface area contributed by atoms with E-state index in [0.29, 0.717) is 21.9 Å². The number of nitrogens with zero attached hydrogens (tertiary/aromatic N) is 2. The quantitative estimate of drug-likeness (QED) is 0.314. The smallest absolute Gasteiger partial charge is 0.267 e. The molecular formula is C24H23N3O2S2. The van der Waals surface area contributed by atoms with Crippen molar-refractivity contribution in [3.63, 3.8) is 0 Å². The van der Waals surface area contributed by atoms with Crippen LogP contribution in [0.3, 0.4) is 0 Å². The normalized spacial score (nSPS) is 12.1. The molecular weight excluding hydrogens is 426 g/mol. The predicted octanol–water partition coefficient (Wildman–Crippen LogP) is 5.12. The van der Waals surface area contributed by atoms with Gasteiger partial charge in [-0.3, -0.25) is 14.2 Å². The molecule has 31 heavy (non-hydrogen) atoms. The van der Waals surface area contributed by atoms with Crippen LogP contribution < -0.4 is 10.9 Å². The van der Waals surface area contributed by atoms with Gasteiger partial charge >= 0.3 is 0 Å². The van der Waals surface area contributed by atoms with E-state index < -0.39 is 0 Å². The zero-order chi connectivity index (χ0) is 21.8. The van der Waals surface area contributed by atoms with Crippen LogP contribution in [0.1, 0.15) is 20.3 Å². The summed E-state index contributed by atoms with van der Waals surface area (Å²) in [5.74, 6) is -0.0584. The number of thiophene rings is 1. The SMILES string of the molecule is CCCNC(=O)C(C)Sc1nc2sc(-c3ccccc3)cc2c(=O)n1-c1ccccc1. The first-order chi connectivity index (χ1) is 15.1. The molecule has 1 unspecified atom stereocenters. The van der Waals surface area contributed by atoms with Gasteiger partial charge in [0, 0.05) is 11.4 Å². The predicted molar refractivity (Wildman–Crippen MR) is 129 cm³/mol. The molecule has 2 aromatic carbocycles. The minimum atomic E-state index is -0.376. The average Bonchev–Trinajstić information content (AvgIpc) is 3.23. The van der Waals surface area contributed by atoms with Gasteiger partial charge in [-0.2, -0.15) is 0 Å². The number of aromatic nitrogens is 2. The topological polar surface area (TPSA) is 64.0 Å². The van der Waals surface area contributed by atoms with Crippen LogP contribution in [0.4, 0.5) is 0 Å². The molecule has 0 saturated carbocycles. The average molecular weight is 450 g/mol. The van der Waals surface area contributed by atoms with Gasteiger partial charge in [0.2, 0.25) is 5.91 Å². The van der Waals surface area contributed by atoms with Gasteiger partial charge in [-0.1, -0.05) is 67.2 Å². The lowest BCUT2D eigenvalue weighted by atomic mass is 10.2. The van der Waals surface area contributed by atoms with Gasteiger partial charge in [-0.15, -0.1) is 11.3 Å². The molecule has 4 rings (SSSR count). The van der Waals surface area contributed by atoms with E-state index in [1.807, 2.05) is 80.6 Å². The van der Waals surface area contributed by atoms with Crippen LogP contribution in [0.15, 0.2) is 76.7 Å². The zero-order valence-corrected chi connectivity index (χ0v) is 19.0. The molecule has 4 aromatic rings. The Morgan fingerprint density at radius 3 is 2.48 bits per heavy atom. The molecule has 0 spiro atoms. The Hall–Kier alpha value is -2.90. The Morgan fingerprint density at radius 2 is 1.81 bits per heavy atom. The molecule has 158 valence electrons. The van der Waals surface area contributed by atoms with Crippen molar-refractivity contribution in [1.82, 2.24) is 14.9 Å². The van der Waals surface area contributed by atoms with Gasteiger partial charge in [0.05, 0.1) is 16.3 Å². The number of amides is 1. The van der Waals surface area contributed by atoms with Gasteiger partial charge in [0.1, 0.15) is 4.83 Å². The maximum Gasteiger partial charge on any atom is 0.267 e. The Kier molecular flexibility index (Phi) is 6.53. The van der Waals surface area contributed by atoms with Crippen molar-refractivity contribution in [3.8, 4) is 16.1 Å². The van der Waals surface area contributed by atoms with Gasteiger partial charge < -0.3 is 5.32 Å². The number of fused-ring (bicyclic) bond motifs is 1.